The summed E-state index contributed by atoms with van der Waals surface area (Å²) in [6.07, 6.45) is 0. The first-order valence-electron chi connectivity index (χ1n) is 8.64. The van der Waals surface area contributed by atoms with Crippen molar-refractivity contribution in [2.75, 3.05) is 11.9 Å². The van der Waals surface area contributed by atoms with E-state index in [2.05, 4.69) is 10.3 Å². The van der Waals surface area contributed by atoms with Crippen molar-refractivity contribution >= 4 is 22.7 Å². The molecule has 4 aromatic rings. The summed E-state index contributed by atoms with van der Waals surface area (Å²) in [7, 11) is 0. The van der Waals surface area contributed by atoms with E-state index in [4.69, 9.17) is 9.15 Å². The maximum Gasteiger partial charge on any atom is 0.262 e. The number of nitrogens with zero attached hydrogens (tertiary/aromatic N) is 1. The molecule has 0 atom stereocenters. The summed E-state index contributed by atoms with van der Waals surface area (Å²) >= 11 is 0. The van der Waals surface area contributed by atoms with Gasteiger partial charge in [0.2, 0.25) is 5.89 Å². The first kappa shape index (κ1) is 16.8. The van der Waals surface area contributed by atoms with Gasteiger partial charge >= 0.3 is 0 Å². The summed E-state index contributed by atoms with van der Waals surface area (Å²) in [6.45, 7) is 1.87. The van der Waals surface area contributed by atoms with Crippen LogP contribution in [0.5, 0.6) is 5.75 Å². The summed E-state index contributed by atoms with van der Waals surface area (Å²) in [5, 5.41) is 2.89. The topological polar surface area (TPSA) is 64.4 Å². The number of carbonyl (C=O) groups excluding carboxylic acids is 1. The van der Waals surface area contributed by atoms with E-state index in [1.807, 2.05) is 79.7 Å². The van der Waals surface area contributed by atoms with Gasteiger partial charge in [0, 0.05) is 11.3 Å². The molecule has 1 aromatic heterocycles. The van der Waals surface area contributed by atoms with Gasteiger partial charge in [-0.15, -0.1) is 0 Å². The molecule has 3 aromatic carbocycles. The molecule has 0 saturated heterocycles. The number of nitrogens with one attached hydrogen (secondary N) is 1. The van der Waals surface area contributed by atoms with Gasteiger partial charge in [-0.25, -0.2) is 4.98 Å². The maximum atomic E-state index is 12.3. The molecule has 0 aliphatic heterocycles. The van der Waals surface area contributed by atoms with Crippen molar-refractivity contribution in [2.45, 2.75) is 6.92 Å². The Balaban J connectivity index is 1.52. The number of carbonyl (C=O) groups is 1. The molecule has 0 fully saturated rings. The van der Waals surface area contributed by atoms with Crippen LogP contribution in [-0.4, -0.2) is 17.5 Å². The third-order valence-electron chi connectivity index (χ3n) is 4.25. The predicted molar refractivity (Wildman–Crippen MR) is 105 cm³/mol. The Morgan fingerprint density at radius 2 is 1.78 bits per heavy atom. The van der Waals surface area contributed by atoms with Crippen LogP contribution in [0, 0.1) is 6.92 Å². The second kappa shape index (κ2) is 7.33. The first-order chi connectivity index (χ1) is 13.2. The Morgan fingerprint density at radius 3 is 2.59 bits per heavy atom. The Morgan fingerprint density at radius 1 is 1.00 bits per heavy atom. The largest absolute Gasteiger partial charge is 0.484 e. The molecule has 5 heteroatoms. The van der Waals surface area contributed by atoms with Crippen LogP contribution in [0.4, 0.5) is 5.69 Å². The molecule has 0 unspecified atom stereocenters. The van der Waals surface area contributed by atoms with Crippen molar-refractivity contribution in [3.8, 4) is 17.2 Å². The number of para-hydroxylation sites is 3. The van der Waals surface area contributed by atoms with Gasteiger partial charge in [-0.2, -0.15) is 0 Å². The summed E-state index contributed by atoms with van der Waals surface area (Å²) in [6, 6.07) is 22.5. The number of ether oxygens (including phenoxy) is 1. The number of hydrogen-bond acceptors (Lipinski definition) is 4. The highest BCUT2D eigenvalue weighted by Crippen LogP contribution is 2.30. The molecule has 1 amide bonds. The van der Waals surface area contributed by atoms with E-state index < -0.39 is 0 Å². The van der Waals surface area contributed by atoms with E-state index in [0.29, 0.717) is 17.3 Å². The lowest BCUT2D eigenvalue weighted by molar-refractivity contribution is -0.118. The Labute approximate surface area is 156 Å². The van der Waals surface area contributed by atoms with E-state index in [0.717, 1.165) is 22.2 Å². The van der Waals surface area contributed by atoms with E-state index >= 15 is 0 Å². The van der Waals surface area contributed by atoms with Crippen LogP contribution >= 0.6 is 0 Å². The van der Waals surface area contributed by atoms with E-state index in [1.54, 1.807) is 0 Å². The average molecular weight is 358 g/mol. The Bertz CT molecular complexity index is 1050. The Hall–Kier alpha value is -3.60. The van der Waals surface area contributed by atoms with Crippen molar-refractivity contribution in [3.63, 3.8) is 0 Å². The number of amides is 1. The molecule has 0 aliphatic carbocycles. The molecule has 0 saturated carbocycles. The highest BCUT2D eigenvalue weighted by Gasteiger charge is 2.14. The maximum absolute atomic E-state index is 12.3. The minimum absolute atomic E-state index is 0.0590. The fraction of sp³-hybridized carbons (Fsp3) is 0.0909. The molecule has 0 bridgehead atoms. The van der Waals surface area contributed by atoms with Crippen LogP contribution < -0.4 is 10.1 Å². The van der Waals surface area contributed by atoms with Gasteiger partial charge in [-0.3, -0.25) is 4.79 Å². The zero-order valence-electron chi connectivity index (χ0n) is 14.8. The van der Waals surface area contributed by atoms with Gasteiger partial charge < -0.3 is 14.5 Å². The zero-order chi connectivity index (χ0) is 18.6. The lowest BCUT2D eigenvalue weighted by Gasteiger charge is -2.11. The number of rotatable bonds is 5. The van der Waals surface area contributed by atoms with Crippen LogP contribution in [-0.2, 0) is 4.79 Å². The molecular formula is C22H18N2O3. The molecular weight excluding hydrogens is 340 g/mol. The number of fused-ring (bicyclic) bond motifs is 1. The molecule has 0 spiro atoms. The standard InChI is InChI=1S/C22H18N2O3/c1-15-17(22-24-19-11-5-6-13-20(19)27-22)10-7-12-18(15)23-21(25)14-26-16-8-3-2-4-9-16/h2-13H,14H2,1H3,(H,23,25). The fourth-order valence-corrected chi connectivity index (χ4v) is 2.84. The first-order valence-corrected chi connectivity index (χ1v) is 8.64. The molecule has 134 valence electrons. The lowest BCUT2D eigenvalue weighted by Crippen LogP contribution is -2.20. The number of benzene rings is 3. The molecule has 1 heterocycles. The van der Waals surface area contributed by atoms with E-state index in [9.17, 15) is 4.79 Å². The van der Waals surface area contributed by atoms with Gasteiger partial charge in [0.25, 0.3) is 5.91 Å². The molecule has 1 N–H and O–H groups in total. The van der Waals surface area contributed by atoms with Crippen molar-refractivity contribution < 1.29 is 13.9 Å². The third-order valence-corrected chi connectivity index (χ3v) is 4.25. The average Bonchev–Trinajstić information content (AvgIpc) is 3.13. The predicted octanol–water partition coefficient (Wildman–Crippen LogP) is 4.82. The normalized spacial score (nSPS) is 10.7. The zero-order valence-corrected chi connectivity index (χ0v) is 14.8. The highest BCUT2D eigenvalue weighted by atomic mass is 16.5. The SMILES string of the molecule is Cc1c(NC(=O)COc2ccccc2)cccc1-c1nc2ccccc2o1. The summed E-state index contributed by atoms with van der Waals surface area (Å²) in [4.78, 5) is 16.8. The highest BCUT2D eigenvalue weighted by molar-refractivity contribution is 5.93. The van der Waals surface area contributed by atoms with Gasteiger partial charge in [-0.05, 0) is 48.9 Å². The van der Waals surface area contributed by atoms with Crippen LogP contribution in [0.25, 0.3) is 22.6 Å². The number of hydrogen-bond donors (Lipinski definition) is 1. The van der Waals surface area contributed by atoms with Gasteiger partial charge in [0.15, 0.2) is 12.2 Å². The van der Waals surface area contributed by atoms with Gasteiger partial charge in [0.1, 0.15) is 11.3 Å². The van der Waals surface area contributed by atoms with Crippen molar-refractivity contribution in [3.05, 3.63) is 78.4 Å². The quantitative estimate of drug-likeness (QED) is 0.555. The molecule has 27 heavy (non-hydrogen) atoms. The molecule has 0 radical (unpaired) electrons. The van der Waals surface area contributed by atoms with Crippen LogP contribution in [0.15, 0.2) is 77.2 Å². The number of anilines is 1. The van der Waals surface area contributed by atoms with Crippen molar-refractivity contribution in [2.24, 2.45) is 0 Å². The smallest absolute Gasteiger partial charge is 0.262 e. The monoisotopic (exact) mass is 358 g/mol. The van der Waals surface area contributed by atoms with Crippen molar-refractivity contribution in [1.82, 2.24) is 4.98 Å². The van der Waals surface area contributed by atoms with Gasteiger partial charge in [-0.1, -0.05) is 36.4 Å². The Kier molecular flexibility index (Phi) is 4.58. The third kappa shape index (κ3) is 3.67. The van der Waals surface area contributed by atoms with Crippen molar-refractivity contribution in [1.29, 1.82) is 0 Å². The molecule has 0 aliphatic rings. The summed E-state index contributed by atoms with van der Waals surface area (Å²) < 4.78 is 11.3. The number of aromatic nitrogens is 1. The van der Waals surface area contributed by atoms with Crippen LogP contribution in [0.3, 0.4) is 0 Å². The van der Waals surface area contributed by atoms with Crippen LogP contribution in [0.2, 0.25) is 0 Å². The summed E-state index contributed by atoms with van der Waals surface area (Å²) in [5.41, 5.74) is 3.97. The minimum atomic E-state index is -0.225. The fourth-order valence-electron chi connectivity index (χ4n) is 2.84. The summed E-state index contributed by atoms with van der Waals surface area (Å²) in [5.74, 6) is 0.964. The van der Waals surface area contributed by atoms with Gasteiger partial charge in [0.05, 0.1) is 0 Å². The number of oxazole rings is 1. The minimum Gasteiger partial charge on any atom is -0.484 e. The van der Waals surface area contributed by atoms with E-state index in [1.165, 1.54) is 0 Å². The second-order valence-corrected chi connectivity index (χ2v) is 6.11. The second-order valence-electron chi connectivity index (χ2n) is 6.11. The molecule has 5 nitrogen and oxygen atoms in total. The van der Waals surface area contributed by atoms with E-state index in [-0.39, 0.29) is 12.5 Å². The molecule has 4 rings (SSSR count). The van der Waals surface area contributed by atoms with Crippen LogP contribution in [0.1, 0.15) is 5.56 Å². The lowest BCUT2D eigenvalue weighted by atomic mass is 10.1.